The van der Waals surface area contributed by atoms with E-state index in [2.05, 4.69) is 10.3 Å². The van der Waals surface area contributed by atoms with Gasteiger partial charge in [-0.25, -0.2) is 4.79 Å². The first-order valence-electron chi connectivity index (χ1n) is 21.4. The van der Waals surface area contributed by atoms with Gasteiger partial charge in [-0.15, -0.1) is 5.06 Å². The highest BCUT2D eigenvalue weighted by Crippen LogP contribution is 2.44. The Hall–Kier alpha value is -7.09. The number of hydrogen-bond donors (Lipinski definition) is 7. The molecular formula is C43H38N4O24S6. The van der Waals surface area contributed by atoms with Gasteiger partial charge in [0.1, 0.15) is 30.9 Å². The molecule has 77 heavy (non-hydrogen) atoms. The number of anilines is 1. The number of benzene rings is 5. The fraction of sp³-hybridized carbons (Fsp3) is 0.186. The van der Waals surface area contributed by atoms with Crippen LogP contribution in [0.4, 0.5) is 5.69 Å². The van der Waals surface area contributed by atoms with Crippen molar-refractivity contribution in [3.8, 4) is 22.5 Å². The monoisotopic (exact) mass is 1190 g/mol. The molecule has 0 unspecified atom stereocenters. The molecule has 2 aliphatic heterocycles. The van der Waals surface area contributed by atoms with E-state index in [-0.39, 0.29) is 53.4 Å². The van der Waals surface area contributed by atoms with Crippen LogP contribution in [0.2, 0.25) is 0 Å². The SMILES string of the molecule is CN(CCCC(=O)ON1C(=O)CCC1=O)C(=O)c1ccccc1-c1c2cc(S(=O)(=O)O)/c(=N/Cc3ccc(S(=O)(=O)O)cc3S(=O)(=O)O)cc-2oc2cc(NCc3ccc(S(=O)(=O)O)cc3S(=O)(=O)O)c(S(=O)(=O)O)cc12. The number of rotatable bonds is 18. The van der Waals surface area contributed by atoms with Gasteiger partial charge in [0, 0.05) is 73.6 Å². The topological polar surface area (TPSA) is 448 Å². The predicted molar refractivity (Wildman–Crippen MR) is 260 cm³/mol. The zero-order chi connectivity index (χ0) is 57.0. The number of amides is 3. The zero-order valence-electron chi connectivity index (χ0n) is 38.9. The molecule has 34 heteroatoms. The van der Waals surface area contributed by atoms with Gasteiger partial charge in [0.15, 0.2) is 0 Å². The molecule has 1 aliphatic carbocycles. The van der Waals surface area contributed by atoms with Crippen molar-refractivity contribution in [2.45, 2.75) is 68.1 Å². The molecule has 0 radical (unpaired) electrons. The van der Waals surface area contributed by atoms with Gasteiger partial charge in [0.25, 0.3) is 78.4 Å². The van der Waals surface area contributed by atoms with E-state index in [9.17, 15) is 97.0 Å². The van der Waals surface area contributed by atoms with E-state index in [1.807, 2.05) is 0 Å². The molecule has 7 rings (SSSR count). The van der Waals surface area contributed by atoms with E-state index in [0.717, 1.165) is 53.4 Å². The molecule has 4 aromatic carbocycles. The fourth-order valence-corrected chi connectivity index (χ4v) is 11.9. The van der Waals surface area contributed by atoms with Crippen LogP contribution in [0.1, 0.15) is 47.2 Å². The number of nitrogens with one attached hydrogen (secondary N) is 1. The van der Waals surface area contributed by atoms with Crippen LogP contribution in [0.25, 0.3) is 33.4 Å². The van der Waals surface area contributed by atoms with Gasteiger partial charge in [-0.1, -0.05) is 30.3 Å². The van der Waals surface area contributed by atoms with Crippen LogP contribution in [0.5, 0.6) is 0 Å². The van der Waals surface area contributed by atoms with Crippen LogP contribution in [-0.2, 0) is 93.0 Å². The zero-order valence-corrected chi connectivity index (χ0v) is 43.8. The van der Waals surface area contributed by atoms with E-state index >= 15 is 0 Å². The van der Waals surface area contributed by atoms with Crippen molar-refractivity contribution in [3.05, 3.63) is 107 Å². The molecule has 28 nitrogen and oxygen atoms in total. The Bertz CT molecular complexity index is 4240. The van der Waals surface area contributed by atoms with Crippen molar-refractivity contribution >= 4 is 101 Å². The third-order valence-electron chi connectivity index (χ3n) is 11.4. The maximum absolute atomic E-state index is 14.4. The highest BCUT2D eigenvalue weighted by atomic mass is 32.2. The van der Waals surface area contributed by atoms with Gasteiger partial charge >= 0.3 is 5.97 Å². The smallest absolute Gasteiger partial charge is 0.333 e. The maximum atomic E-state index is 14.4. The standard InChI is InChI=1S/C43H38N4O24S6/c1-46(14-4-7-41(50)71-47-39(48)12-13-40(47)49)43(51)28-6-3-2-5-27(28)42-29-17-37(76(64,65)66)31(44-21-23-8-10-25(72(52,53)54)15-35(23)74(58,59)60)19-33(29)70-34-20-32(38(18-30(34)42)77(67,68)69)45-22-24-9-11-26(73(55,56)57)16-36(24)75(61,62)63/h2-3,5-6,8-11,15-20,44H,4,7,12-14,21-22H2,1H3,(H,52,53,54)(H,55,56,57)(H,58,59,60)(H,61,62,63)(H,64,65,66)(H,67,68,69)/b45-32+. The molecule has 410 valence electrons. The van der Waals surface area contributed by atoms with Gasteiger partial charge in [0.2, 0.25) is 0 Å². The second kappa shape index (κ2) is 21.0. The lowest BCUT2D eigenvalue weighted by atomic mass is 9.90. The molecule has 2 heterocycles. The third kappa shape index (κ3) is 12.9. The molecular weight excluding hydrogens is 1150 g/mol. The molecule has 1 saturated heterocycles. The average molecular weight is 1190 g/mol. The maximum Gasteiger partial charge on any atom is 0.333 e. The highest BCUT2D eigenvalue weighted by molar-refractivity contribution is 7.87. The first-order chi connectivity index (χ1) is 35.5. The van der Waals surface area contributed by atoms with E-state index < -0.39 is 167 Å². The Morgan fingerprint density at radius 2 is 1.19 bits per heavy atom. The minimum Gasteiger partial charge on any atom is -0.456 e. The van der Waals surface area contributed by atoms with Crippen LogP contribution in [0.3, 0.4) is 0 Å². The van der Waals surface area contributed by atoms with Crippen molar-refractivity contribution in [2.24, 2.45) is 4.99 Å². The van der Waals surface area contributed by atoms with Crippen molar-refractivity contribution in [3.63, 3.8) is 0 Å². The van der Waals surface area contributed by atoms with Crippen molar-refractivity contribution in [1.29, 1.82) is 0 Å². The first-order valence-corrected chi connectivity index (χ1v) is 30.0. The van der Waals surface area contributed by atoms with E-state index in [4.69, 9.17) is 9.25 Å². The number of hydroxylamine groups is 2. The highest BCUT2D eigenvalue weighted by Gasteiger charge is 2.34. The molecule has 0 spiro atoms. The predicted octanol–water partition coefficient (Wildman–Crippen LogP) is 2.86. The number of fused-ring (bicyclic) bond motifs is 2. The lowest BCUT2D eigenvalue weighted by molar-refractivity contribution is -0.197. The molecule has 7 N–H and O–H groups in total. The Labute approximate surface area is 436 Å². The van der Waals surface area contributed by atoms with Gasteiger partial charge < -0.3 is 19.5 Å². The van der Waals surface area contributed by atoms with Crippen LogP contribution >= 0.6 is 0 Å². The molecule has 3 amide bonds. The summed E-state index contributed by atoms with van der Waals surface area (Å²) in [6, 6.07) is 12.6. The molecule has 0 saturated carbocycles. The summed E-state index contributed by atoms with van der Waals surface area (Å²) >= 11 is 0. The number of nitrogens with zero attached hydrogens (tertiary/aromatic N) is 3. The summed E-state index contributed by atoms with van der Waals surface area (Å²) in [5, 5.41) is 1.83. The summed E-state index contributed by atoms with van der Waals surface area (Å²) < 4.78 is 216. The third-order valence-corrected chi connectivity index (χ3v) is 16.8. The van der Waals surface area contributed by atoms with Crippen molar-refractivity contribution in [1.82, 2.24) is 9.96 Å². The van der Waals surface area contributed by atoms with Gasteiger partial charge in [-0.3, -0.25) is 46.7 Å². The number of carbonyl (C=O) groups is 4. The second-order valence-corrected chi connectivity index (χ2v) is 25.0. The van der Waals surface area contributed by atoms with Crippen LogP contribution < -0.4 is 10.7 Å². The normalized spacial score (nSPS) is 14.1. The largest absolute Gasteiger partial charge is 0.456 e. The fourth-order valence-electron chi connectivity index (χ4n) is 7.87. The lowest BCUT2D eigenvalue weighted by Gasteiger charge is -2.22. The quantitative estimate of drug-likeness (QED) is 0.0369. The average Bonchev–Trinajstić information content (AvgIpc) is 3.64. The molecule has 3 aliphatic rings. The second-order valence-electron chi connectivity index (χ2n) is 16.6. The molecule has 0 aromatic heterocycles. The number of imide groups is 1. The van der Waals surface area contributed by atoms with Crippen LogP contribution in [0.15, 0.2) is 124 Å². The Balaban J connectivity index is 1.44. The molecule has 0 atom stereocenters. The Morgan fingerprint density at radius 3 is 1.75 bits per heavy atom. The van der Waals surface area contributed by atoms with Gasteiger partial charge in [-0.2, -0.15) is 50.5 Å². The summed E-state index contributed by atoms with van der Waals surface area (Å²) in [5.41, 5.74) is -2.88. The minimum absolute atomic E-state index is 0.0974. The minimum atomic E-state index is -5.44. The Morgan fingerprint density at radius 1 is 0.649 bits per heavy atom. The van der Waals surface area contributed by atoms with E-state index in [0.29, 0.717) is 17.2 Å². The molecule has 1 fully saturated rings. The summed E-state index contributed by atoms with van der Waals surface area (Å²) in [6.45, 7) is -1.89. The molecule has 0 bridgehead atoms. The summed E-state index contributed by atoms with van der Waals surface area (Å²) in [4.78, 5) is 54.7. The van der Waals surface area contributed by atoms with Crippen molar-refractivity contribution < 1.29 is 106 Å². The molecule has 4 aromatic rings. The van der Waals surface area contributed by atoms with Crippen LogP contribution in [-0.4, -0.2) is 125 Å². The Kier molecular flexibility index (Phi) is 15.7. The summed E-state index contributed by atoms with van der Waals surface area (Å²) in [7, 11) is -30.2. The van der Waals surface area contributed by atoms with E-state index in [1.54, 1.807) is 0 Å². The number of hydrogen-bond acceptors (Lipinski definition) is 20. The van der Waals surface area contributed by atoms with Crippen molar-refractivity contribution in [2.75, 3.05) is 18.9 Å². The summed E-state index contributed by atoms with van der Waals surface area (Å²) in [6.07, 6.45) is -0.819. The lowest BCUT2D eigenvalue weighted by Crippen LogP contribution is -2.32. The van der Waals surface area contributed by atoms with Gasteiger partial charge in [-0.05, 0) is 65.6 Å². The number of carbonyl (C=O) groups excluding carboxylic acids is 4. The van der Waals surface area contributed by atoms with Crippen LogP contribution in [0, 0.1) is 0 Å². The van der Waals surface area contributed by atoms with Gasteiger partial charge in [0.05, 0.1) is 27.4 Å². The first kappa shape index (κ1) is 57.6. The summed E-state index contributed by atoms with van der Waals surface area (Å²) in [5.74, 6) is -3.66. The van der Waals surface area contributed by atoms with E-state index in [1.165, 1.54) is 31.3 Å².